The van der Waals surface area contributed by atoms with Crippen molar-refractivity contribution < 1.29 is 17.6 Å². The predicted octanol–water partition coefficient (Wildman–Crippen LogP) is 3.24. The van der Waals surface area contributed by atoms with Crippen LogP contribution in [-0.2, 0) is 0 Å². The highest BCUT2D eigenvalue weighted by Gasteiger charge is 2.34. The van der Waals surface area contributed by atoms with Gasteiger partial charge < -0.3 is 0 Å². The van der Waals surface area contributed by atoms with Gasteiger partial charge in [0.1, 0.15) is 0 Å². The van der Waals surface area contributed by atoms with E-state index in [0.29, 0.717) is 6.08 Å². The Labute approximate surface area is 71.3 Å². The Morgan fingerprint density at radius 2 is 1.83 bits per heavy atom. The maximum absolute atomic E-state index is 12.7. The summed E-state index contributed by atoms with van der Waals surface area (Å²) < 4.78 is 50.0. The lowest BCUT2D eigenvalue weighted by molar-refractivity contribution is 0.287. The Balaban J connectivity index is 3.00. The van der Waals surface area contributed by atoms with Gasteiger partial charge in [-0.3, -0.25) is 0 Å². The lowest BCUT2D eigenvalue weighted by atomic mass is 10.1. The zero-order valence-electron chi connectivity index (χ0n) is 6.07. The van der Waals surface area contributed by atoms with Crippen LogP contribution in [0.5, 0.6) is 0 Å². The number of thioether (sulfide) groups is 1. The van der Waals surface area contributed by atoms with Gasteiger partial charge in [0.15, 0.2) is 17.8 Å². The first-order valence-corrected chi connectivity index (χ1v) is 4.28. The second-order valence-corrected chi connectivity index (χ2v) is 2.96. The van der Waals surface area contributed by atoms with Crippen LogP contribution in [0.2, 0.25) is 0 Å². The minimum atomic E-state index is -2.16. The zero-order chi connectivity index (χ0) is 9.30. The van der Waals surface area contributed by atoms with E-state index in [2.05, 4.69) is 0 Å². The molecule has 0 N–H and O–H groups in total. The summed E-state index contributed by atoms with van der Waals surface area (Å²) >= 11 is 0.832. The molecule has 1 atom stereocenters. The maximum Gasteiger partial charge on any atom is 0.242 e. The third-order valence-electron chi connectivity index (χ3n) is 1.38. The van der Waals surface area contributed by atoms with Crippen LogP contribution in [0, 0.1) is 6.17 Å². The fraction of sp³-hybridized carbons (Fsp3) is 0.286. The molecule has 0 aromatic rings. The molecule has 0 fully saturated rings. The second-order valence-electron chi connectivity index (χ2n) is 2.11. The fourth-order valence-electron chi connectivity index (χ4n) is 0.771. The molecule has 1 radical (unpaired) electrons. The van der Waals surface area contributed by atoms with E-state index in [1.165, 1.54) is 6.26 Å². The van der Waals surface area contributed by atoms with Gasteiger partial charge in [-0.1, -0.05) is 0 Å². The highest BCUT2D eigenvalue weighted by atomic mass is 32.2. The van der Waals surface area contributed by atoms with Crippen molar-refractivity contribution in [2.24, 2.45) is 0 Å². The van der Waals surface area contributed by atoms with E-state index in [1.807, 2.05) is 0 Å². The van der Waals surface area contributed by atoms with Gasteiger partial charge in [-0.2, -0.15) is 0 Å². The van der Waals surface area contributed by atoms with Crippen LogP contribution in [0.25, 0.3) is 0 Å². The fourth-order valence-corrected chi connectivity index (χ4v) is 1.30. The van der Waals surface area contributed by atoms with E-state index >= 15 is 0 Å². The molecule has 67 valence electrons. The van der Waals surface area contributed by atoms with Gasteiger partial charge in [-0.25, -0.2) is 17.6 Å². The molecule has 0 bridgehead atoms. The smallest absolute Gasteiger partial charge is 0.239 e. The standard InChI is InChI=1S/C7H5F4S/c1-12-4-2-3(8)5(9)7(11)6(4)10/h2-3H,1H3. The second kappa shape index (κ2) is 3.51. The summed E-state index contributed by atoms with van der Waals surface area (Å²) in [5, 5.41) is 0. The molecule has 0 nitrogen and oxygen atoms in total. The van der Waals surface area contributed by atoms with E-state index in [0.717, 1.165) is 11.8 Å². The molecule has 5 heteroatoms. The van der Waals surface area contributed by atoms with E-state index < -0.39 is 24.0 Å². The Bertz CT molecular complexity index is 246. The predicted molar refractivity (Wildman–Crippen MR) is 40.1 cm³/mol. The summed E-state index contributed by atoms with van der Waals surface area (Å²) in [6, 6.07) is 0. The van der Waals surface area contributed by atoms with Crippen molar-refractivity contribution >= 4 is 11.8 Å². The number of hydrogen-bond donors (Lipinski definition) is 0. The van der Waals surface area contributed by atoms with E-state index in [-0.39, 0.29) is 4.91 Å². The van der Waals surface area contributed by atoms with Crippen molar-refractivity contribution in [1.82, 2.24) is 0 Å². The topological polar surface area (TPSA) is 0 Å². The molecule has 1 rings (SSSR count). The van der Waals surface area contributed by atoms with Crippen LogP contribution in [0.4, 0.5) is 17.6 Å². The van der Waals surface area contributed by atoms with E-state index in [9.17, 15) is 17.6 Å². The quantitative estimate of drug-likeness (QED) is 0.581. The normalized spacial score (nSPS) is 26.1. The number of alkyl halides is 1. The van der Waals surface area contributed by atoms with Gasteiger partial charge in [-0.15, -0.1) is 11.8 Å². The Kier molecular flexibility index (Phi) is 2.82. The molecular weight excluding hydrogens is 192 g/mol. The first-order valence-electron chi connectivity index (χ1n) is 3.06. The third-order valence-corrected chi connectivity index (χ3v) is 2.13. The first kappa shape index (κ1) is 9.64. The van der Waals surface area contributed by atoms with Crippen molar-refractivity contribution in [3.63, 3.8) is 0 Å². The molecule has 0 amide bonds. The summed E-state index contributed by atoms with van der Waals surface area (Å²) in [4.78, 5) is -0.207. The van der Waals surface area contributed by atoms with Gasteiger partial charge >= 0.3 is 0 Å². The summed E-state index contributed by atoms with van der Waals surface area (Å²) in [7, 11) is 0. The number of allylic oxidation sites excluding steroid dienone is 3. The van der Waals surface area contributed by atoms with Crippen molar-refractivity contribution in [3.8, 4) is 0 Å². The van der Waals surface area contributed by atoms with Gasteiger partial charge in [-0.05, 0) is 12.3 Å². The third kappa shape index (κ3) is 1.50. The molecule has 0 spiro atoms. The van der Waals surface area contributed by atoms with Crippen molar-refractivity contribution in [1.29, 1.82) is 0 Å². The SMILES string of the molecule is CSC1=CC(F)[C](F)C(F)=C1F. The van der Waals surface area contributed by atoms with Crippen LogP contribution >= 0.6 is 11.8 Å². The first-order chi connectivity index (χ1) is 5.57. The Morgan fingerprint density at radius 1 is 1.25 bits per heavy atom. The average Bonchev–Trinajstić information content (AvgIpc) is 2.08. The number of rotatable bonds is 1. The van der Waals surface area contributed by atoms with Crippen LogP contribution in [-0.4, -0.2) is 12.4 Å². The molecule has 0 saturated carbocycles. The molecule has 1 unspecified atom stereocenters. The summed E-state index contributed by atoms with van der Waals surface area (Å²) in [6.45, 7) is 0. The molecule has 1 aliphatic carbocycles. The summed E-state index contributed by atoms with van der Waals surface area (Å²) in [5.74, 6) is -3.05. The van der Waals surface area contributed by atoms with Gasteiger partial charge in [0.05, 0.1) is 0 Å². The molecule has 12 heavy (non-hydrogen) atoms. The molecule has 1 aliphatic rings. The van der Waals surface area contributed by atoms with Gasteiger partial charge in [0, 0.05) is 4.91 Å². The number of hydrogen-bond acceptors (Lipinski definition) is 1. The zero-order valence-corrected chi connectivity index (χ0v) is 6.89. The van der Waals surface area contributed by atoms with Crippen molar-refractivity contribution in [3.05, 3.63) is 28.8 Å². The van der Waals surface area contributed by atoms with Crippen LogP contribution < -0.4 is 0 Å². The summed E-state index contributed by atoms with van der Waals surface area (Å²) in [6.07, 6.45) is -1.69. The average molecular weight is 197 g/mol. The molecule has 0 saturated heterocycles. The molecule has 0 heterocycles. The van der Waals surface area contributed by atoms with E-state index in [1.54, 1.807) is 0 Å². The van der Waals surface area contributed by atoms with E-state index in [4.69, 9.17) is 0 Å². The van der Waals surface area contributed by atoms with Crippen LogP contribution in [0.15, 0.2) is 22.6 Å². The molecule has 0 aliphatic heterocycles. The van der Waals surface area contributed by atoms with Gasteiger partial charge in [0.25, 0.3) is 0 Å². The Hall–Kier alpha value is -0.450. The highest BCUT2D eigenvalue weighted by Crippen LogP contribution is 2.39. The number of halogens is 4. The lowest BCUT2D eigenvalue weighted by Crippen LogP contribution is -2.13. The maximum atomic E-state index is 12.7. The molecule has 0 aromatic heterocycles. The molecule has 0 aromatic carbocycles. The van der Waals surface area contributed by atoms with Gasteiger partial charge in [0.2, 0.25) is 6.17 Å². The van der Waals surface area contributed by atoms with Crippen LogP contribution in [0.1, 0.15) is 0 Å². The van der Waals surface area contributed by atoms with Crippen molar-refractivity contribution in [2.45, 2.75) is 6.17 Å². The monoisotopic (exact) mass is 197 g/mol. The highest BCUT2D eigenvalue weighted by molar-refractivity contribution is 8.02. The largest absolute Gasteiger partial charge is 0.242 e. The Morgan fingerprint density at radius 3 is 2.33 bits per heavy atom. The lowest BCUT2D eigenvalue weighted by Gasteiger charge is -2.15. The summed E-state index contributed by atoms with van der Waals surface area (Å²) in [5.41, 5.74) is 0. The minimum absolute atomic E-state index is 0.207. The molecular formula is C7H5F4S. The van der Waals surface area contributed by atoms with Crippen LogP contribution in [0.3, 0.4) is 0 Å². The van der Waals surface area contributed by atoms with Crippen molar-refractivity contribution in [2.75, 3.05) is 6.26 Å². The minimum Gasteiger partial charge on any atom is -0.239 e.